The van der Waals surface area contributed by atoms with Crippen LogP contribution in [0.15, 0.2) is 24.3 Å². The highest BCUT2D eigenvalue weighted by molar-refractivity contribution is 6.30. The summed E-state index contributed by atoms with van der Waals surface area (Å²) in [7, 11) is 0. The van der Waals surface area contributed by atoms with Crippen molar-refractivity contribution in [1.29, 1.82) is 0 Å². The third-order valence-corrected chi connectivity index (χ3v) is 1.49. The lowest BCUT2D eigenvalue weighted by Gasteiger charge is -1.99. The zero-order chi connectivity index (χ0) is 11.0. The first kappa shape index (κ1) is 12.9. The lowest BCUT2D eigenvalue weighted by Crippen LogP contribution is -2.51. The van der Waals surface area contributed by atoms with Gasteiger partial charge in [0.15, 0.2) is 0 Å². The molecular formula is C9H12ClNO3. The molecular weight excluding hydrogens is 206 g/mol. The smallest absolute Gasteiger partial charge is 0.0974 e. The molecule has 4 nitrogen and oxygen atoms in total. The molecule has 78 valence electrons. The highest BCUT2D eigenvalue weighted by Gasteiger charge is 1.90. The summed E-state index contributed by atoms with van der Waals surface area (Å²) in [4.78, 5) is 10.2. The fourth-order valence-corrected chi connectivity index (χ4v) is 0.712. The van der Waals surface area contributed by atoms with E-state index in [1.165, 1.54) is 24.3 Å². The maximum Gasteiger partial charge on any atom is 0.0974 e. The number of halogens is 1. The number of carbonyl (C=O) groups excluding carboxylic acids is 1. The SMILES string of the molecule is O=C([O-])c1ccc(Cl)cc1.[NH3+]CCO. The van der Waals surface area contributed by atoms with Gasteiger partial charge in [-0.15, -0.1) is 0 Å². The number of carboxylic acids is 1. The van der Waals surface area contributed by atoms with Crippen LogP contribution in [0.1, 0.15) is 10.4 Å². The number of carboxylic acid groups (broad SMARTS) is 1. The zero-order valence-corrected chi connectivity index (χ0v) is 8.33. The predicted molar refractivity (Wildman–Crippen MR) is 50.6 cm³/mol. The van der Waals surface area contributed by atoms with E-state index in [0.29, 0.717) is 11.6 Å². The van der Waals surface area contributed by atoms with Gasteiger partial charge in [0.2, 0.25) is 0 Å². The Morgan fingerprint density at radius 2 is 1.86 bits per heavy atom. The van der Waals surface area contributed by atoms with E-state index in [1.807, 2.05) is 0 Å². The fourth-order valence-electron chi connectivity index (χ4n) is 0.586. The average molecular weight is 218 g/mol. The van der Waals surface area contributed by atoms with Gasteiger partial charge in [0.05, 0.1) is 19.1 Å². The summed E-state index contributed by atoms with van der Waals surface area (Å²) in [6.45, 7) is 0.833. The van der Waals surface area contributed by atoms with E-state index in [0.717, 1.165) is 0 Å². The number of hydrogen-bond acceptors (Lipinski definition) is 3. The molecule has 0 aliphatic carbocycles. The Labute approximate surface area is 86.9 Å². The van der Waals surface area contributed by atoms with Gasteiger partial charge in [-0.1, -0.05) is 23.7 Å². The van der Waals surface area contributed by atoms with Crippen LogP contribution in [0.25, 0.3) is 0 Å². The summed E-state index contributed by atoms with van der Waals surface area (Å²) >= 11 is 5.50. The molecule has 0 spiro atoms. The van der Waals surface area contributed by atoms with Gasteiger partial charge >= 0.3 is 0 Å². The van der Waals surface area contributed by atoms with Gasteiger partial charge in [-0.05, 0) is 17.7 Å². The van der Waals surface area contributed by atoms with Crippen LogP contribution in [0.4, 0.5) is 0 Å². The van der Waals surface area contributed by atoms with Crippen molar-refractivity contribution in [2.75, 3.05) is 13.2 Å². The minimum atomic E-state index is -1.18. The van der Waals surface area contributed by atoms with Gasteiger partial charge in [-0.3, -0.25) is 0 Å². The first-order valence-corrected chi connectivity index (χ1v) is 4.36. The monoisotopic (exact) mass is 217 g/mol. The molecule has 0 amide bonds. The number of aromatic carboxylic acids is 1. The quantitative estimate of drug-likeness (QED) is 0.661. The Morgan fingerprint density at radius 1 is 1.43 bits per heavy atom. The second kappa shape index (κ2) is 7.32. The third kappa shape index (κ3) is 5.53. The molecule has 0 fully saturated rings. The number of hydrogen-bond donors (Lipinski definition) is 2. The molecule has 0 bridgehead atoms. The highest BCUT2D eigenvalue weighted by Crippen LogP contribution is 2.08. The van der Waals surface area contributed by atoms with Crippen LogP contribution in [0.3, 0.4) is 0 Å². The molecule has 0 aliphatic rings. The Balaban J connectivity index is 0.000000364. The Morgan fingerprint density at radius 3 is 2.14 bits per heavy atom. The molecule has 4 N–H and O–H groups in total. The number of carbonyl (C=O) groups is 1. The first-order chi connectivity index (χ1) is 6.61. The number of aliphatic hydroxyl groups excluding tert-OH is 1. The van der Waals surface area contributed by atoms with Crippen LogP contribution in [0, 0.1) is 0 Å². The predicted octanol–water partition coefficient (Wildman–Crippen LogP) is -1.08. The fraction of sp³-hybridized carbons (Fsp3) is 0.222. The van der Waals surface area contributed by atoms with E-state index in [2.05, 4.69) is 5.73 Å². The number of aliphatic hydroxyl groups is 1. The summed E-state index contributed by atoms with van der Waals surface area (Å²) in [6, 6.07) is 5.81. The molecule has 1 aromatic carbocycles. The first-order valence-electron chi connectivity index (χ1n) is 3.98. The van der Waals surface area contributed by atoms with Crippen molar-refractivity contribution in [2.45, 2.75) is 0 Å². The van der Waals surface area contributed by atoms with Crippen molar-refractivity contribution >= 4 is 17.6 Å². The van der Waals surface area contributed by atoms with Crippen molar-refractivity contribution in [2.24, 2.45) is 0 Å². The van der Waals surface area contributed by atoms with E-state index in [4.69, 9.17) is 16.7 Å². The topological polar surface area (TPSA) is 88.0 Å². The highest BCUT2D eigenvalue weighted by atomic mass is 35.5. The number of quaternary nitrogens is 1. The minimum absolute atomic E-state index is 0.143. The maximum atomic E-state index is 10.2. The van der Waals surface area contributed by atoms with E-state index in [1.54, 1.807) is 0 Å². The summed E-state index contributed by atoms with van der Waals surface area (Å²) in [5.74, 6) is -1.18. The Bertz CT molecular complexity index is 272. The second-order valence-corrected chi connectivity index (χ2v) is 2.81. The van der Waals surface area contributed by atoms with Gasteiger partial charge in [0.1, 0.15) is 0 Å². The minimum Gasteiger partial charge on any atom is -0.545 e. The van der Waals surface area contributed by atoms with Gasteiger partial charge in [-0.25, -0.2) is 0 Å². The van der Waals surface area contributed by atoms with E-state index in [-0.39, 0.29) is 12.2 Å². The van der Waals surface area contributed by atoms with Crippen LogP contribution in [0.2, 0.25) is 5.02 Å². The summed E-state index contributed by atoms with van der Waals surface area (Å²) in [6.07, 6.45) is 0. The van der Waals surface area contributed by atoms with Gasteiger partial charge in [-0.2, -0.15) is 0 Å². The standard InChI is InChI=1S/C7H5ClO2.C2H7NO/c8-6-3-1-5(2-4-6)7(9)10;3-1-2-4/h1-4H,(H,9,10);4H,1-3H2. The van der Waals surface area contributed by atoms with Crippen molar-refractivity contribution in [1.82, 2.24) is 0 Å². The summed E-state index contributed by atoms with van der Waals surface area (Å²) < 4.78 is 0. The van der Waals surface area contributed by atoms with Crippen LogP contribution in [-0.4, -0.2) is 24.2 Å². The molecule has 0 atom stereocenters. The largest absolute Gasteiger partial charge is 0.545 e. The van der Waals surface area contributed by atoms with Crippen LogP contribution in [0.5, 0.6) is 0 Å². The van der Waals surface area contributed by atoms with Crippen molar-refractivity contribution < 1.29 is 20.7 Å². The van der Waals surface area contributed by atoms with E-state index in [9.17, 15) is 9.90 Å². The normalized spacial score (nSPS) is 8.79. The van der Waals surface area contributed by atoms with Crippen molar-refractivity contribution in [3.63, 3.8) is 0 Å². The van der Waals surface area contributed by atoms with Crippen molar-refractivity contribution in [3.05, 3.63) is 34.9 Å². The third-order valence-electron chi connectivity index (χ3n) is 1.24. The Hall–Kier alpha value is -1.10. The van der Waals surface area contributed by atoms with Gasteiger partial charge < -0.3 is 20.7 Å². The van der Waals surface area contributed by atoms with E-state index < -0.39 is 5.97 Å². The van der Waals surface area contributed by atoms with Crippen molar-refractivity contribution in [3.8, 4) is 0 Å². The van der Waals surface area contributed by atoms with Crippen LogP contribution in [-0.2, 0) is 0 Å². The molecule has 0 aliphatic heterocycles. The lowest BCUT2D eigenvalue weighted by atomic mass is 10.2. The lowest BCUT2D eigenvalue weighted by molar-refractivity contribution is -0.372. The molecule has 0 unspecified atom stereocenters. The molecule has 0 saturated heterocycles. The van der Waals surface area contributed by atoms with Crippen LogP contribution < -0.4 is 10.8 Å². The summed E-state index contributed by atoms with van der Waals surface area (Å²) in [5.41, 5.74) is 3.50. The molecule has 0 aromatic heterocycles. The zero-order valence-electron chi connectivity index (χ0n) is 7.57. The molecule has 0 heterocycles. The Kier molecular flexibility index (Phi) is 6.74. The van der Waals surface area contributed by atoms with E-state index >= 15 is 0 Å². The maximum absolute atomic E-state index is 10.2. The average Bonchev–Trinajstić information content (AvgIpc) is 2.19. The molecule has 0 saturated carbocycles. The molecule has 0 radical (unpaired) electrons. The van der Waals surface area contributed by atoms with Crippen LogP contribution >= 0.6 is 11.6 Å². The molecule has 1 aromatic rings. The molecule has 5 heteroatoms. The van der Waals surface area contributed by atoms with Gasteiger partial charge in [0.25, 0.3) is 0 Å². The molecule has 14 heavy (non-hydrogen) atoms. The summed E-state index contributed by atoms with van der Waals surface area (Å²) in [5, 5.41) is 18.5. The number of rotatable bonds is 2. The molecule has 1 rings (SSSR count). The second-order valence-electron chi connectivity index (χ2n) is 2.37. The number of benzene rings is 1. The van der Waals surface area contributed by atoms with Gasteiger partial charge in [0, 0.05) is 5.02 Å².